The Labute approximate surface area is 188 Å². The van der Waals surface area contributed by atoms with E-state index in [0.29, 0.717) is 6.26 Å². The van der Waals surface area contributed by atoms with Crippen molar-refractivity contribution in [2.24, 2.45) is 0 Å². The van der Waals surface area contributed by atoms with E-state index in [1.165, 1.54) is 25.1 Å². The third-order valence-corrected chi connectivity index (χ3v) is 5.27. The molecule has 178 valence electrons. The molecule has 11 heteroatoms. The van der Waals surface area contributed by atoms with E-state index < -0.39 is 54.1 Å². The van der Waals surface area contributed by atoms with Crippen LogP contribution >= 0.6 is 0 Å². The normalized spacial score (nSPS) is 27.5. The van der Waals surface area contributed by atoms with Crippen LogP contribution in [-0.4, -0.2) is 77.7 Å². The van der Waals surface area contributed by atoms with Gasteiger partial charge < -0.3 is 50.3 Å². The Morgan fingerprint density at radius 2 is 1.88 bits per heavy atom. The summed E-state index contributed by atoms with van der Waals surface area (Å²) in [6.07, 6.45) is -4.96. The molecule has 0 radical (unpaired) electrons. The Kier molecular flexibility index (Phi) is 6.81. The van der Waals surface area contributed by atoms with E-state index >= 15 is 0 Å². The number of hydrogen-bond donors (Lipinski definition) is 8. The third-order valence-electron chi connectivity index (χ3n) is 5.27. The van der Waals surface area contributed by atoms with E-state index in [1.54, 1.807) is 0 Å². The van der Waals surface area contributed by atoms with Crippen molar-refractivity contribution in [1.29, 1.82) is 0 Å². The SMILES string of the molecule is C=C(O)c1cc(OC2OC(C)(CO)C(O)C(O)[C@H]2O)c(-c2ccc(O)c(O)c2)[o+]c1/C=C/O. The highest BCUT2D eigenvalue weighted by Gasteiger charge is 2.52. The number of aliphatic hydroxyl groups excluding tert-OH is 6. The van der Waals surface area contributed by atoms with Gasteiger partial charge in [-0.3, -0.25) is 0 Å². The number of aromatic hydroxyl groups is 2. The van der Waals surface area contributed by atoms with Crippen LogP contribution in [0.3, 0.4) is 0 Å². The van der Waals surface area contributed by atoms with Crippen LogP contribution in [0.1, 0.15) is 18.2 Å². The summed E-state index contributed by atoms with van der Waals surface area (Å²) >= 11 is 0. The topological polar surface area (TPSA) is 192 Å². The summed E-state index contributed by atoms with van der Waals surface area (Å²) in [4.78, 5) is 0. The van der Waals surface area contributed by atoms with Gasteiger partial charge in [0.1, 0.15) is 35.2 Å². The lowest BCUT2D eigenvalue weighted by molar-refractivity contribution is -0.313. The fourth-order valence-corrected chi connectivity index (χ4v) is 3.32. The Morgan fingerprint density at radius 3 is 2.45 bits per heavy atom. The van der Waals surface area contributed by atoms with Crippen LogP contribution in [0.5, 0.6) is 17.2 Å². The minimum absolute atomic E-state index is 0.0159. The summed E-state index contributed by atoms with van der Waals surface area (Å²) < 4.78 is 17.0. The van der Waals surface area contributed by atoms with E-state index in [4.69, 9.17) is 13.9 Å². The van der Waals surface area contributed by atoms with Crippen molar-refractivity contribution in [3.8, 4) is 28.6 Å². The van der Waals surface area contributed by atoms with Crippen LogP contribution in [0, 0.1) is 0 Å². The number of aliphatic hydroxyl groups is 6. The van der Waals surface area contributed by atoms with Crippen molar-refractivity contribution >= 4 is 11.8 Å². The minimum Gasteiger partial charge on any atom is -0.515 e. The molecule has 0 saturated carbocycles. The summed E-state index contributed by atoms with van der Waals surface area (Å²) in [5.41, 5.74) is -1.52. The first-order chi connectivity index (χ1) is 15.5. The van der Waals surface area contributed by atoms with Crippen LogP contribution in [0.4, 0.5) is 0 Å². The quantitative estimate of drug-likeness (QED) is 0.174. The summed E-state index contributed by atoms with van der Waals surface area (Å²) in [5, 5.41) is 79.1. The fraction of sp³-hybridized carbons (Fsp3) is 0.318. The molecule has 2 aromatic rings. The first kappa shape index (κ1) is 24.3. The van der Waals surface area contributed by atoms with Gasteiger partial charge in [0.15, 0.2) is 11.5 Å². The molecule has 5 atom stereocenters. The highest BCUT2D eigenvalue weighted by molar-refractivity contribution is 5.73. The van der Waals surface area contributed by atoms with Gasteiger partial charge in [-0.1, -0.05) is 6.58 Å². The van der Waals surface area contributed by atoms with Gasteiger partial charge in [-0.25, -0.2) is 4.42 Å². The lowest BCUT2D eigenvalue weighted by Gasteiger charge is -2.45. The Bertz CT molecular complexity index is 1070. The molecule has 1 aromatic carbocycles. The monoisotopic (exact) mass is 465 g/mol. The Hall–Kier alpha value is -3.35. The molecule has 1 aliphatic rings. The van der Waals surface area contributed by atoms with Crippen LogP contribution in [0.15, 0.2) is 41.5 Å². The van der Waals surface area contributed by atoms with Gasteiger partial charge in [0, 0.05) is 12.1 Å². The number of rotatable bonds is 6. The second-order valence-electron chi connectivity index (χ2n) is 7.68. The zero-order valence-electron chi connectivity index (χ0n) is 17.5. The number of hydrogen-bond acceptors (Lipinski definition) is 10. The maximum Gasteiger partial charge on any atom is 0.402 e. The molecule has 1 fully saturated rings. The molecule has 0 amide bonds. The molecule has 3 rings (SSSR count). The lowest BCUT2D eigenvalue weighted by Crippen LogP contribution is -2.65. The largest absolute Gasteiger partial charge is 0.515 e. The first-order valence-corrected chi connectivity index (χ1v) is 9.74. The summed E-state index contributed by atoms with van der Waals surface area (Å²) in [5.74, 6) is -1.67. The number of phenols is 2. The maximum atomic E-state index is 10.4. The molecule has 11 nitrogen and oxygen atoms in total. The highest BCUT2D eigenvalue weighted by Crippen LogP contribution is 2.40. The number of ether oxygens (including phenoxy) is 2. The summed E-state index contributed by atoms with van der Waals surface area (Å²) in [7, 11) is 0. The summed E-state index contributed by atoms with van der Waals surface area (Å²) in [6, 6.07) is 4.94. The summed E-state index contributed by atoms with van der Waals surface area (Å²) in [6.45, 7) is 4.02. The smallest absolute Gasteiger partial charge is 0.402 e. The number of phenolic OH excluding ortho intramolecular Hbond substituents is 2. The van der Waals surface area contributed by atoms with Crippen molar-refractivity contribution in [1.82, 2.24) is 0 Å². The Morgan fingerprint density at radius 1 is 1.18 bits per heavy atom. The molecule has 33 heavy (non-hydrogen) atoms. The average Bonchev–Trinajstić information content (AvgIpc) is 2.78. The van der Waals surface area contributed by atoms with Crippen molar-refractivity contribution in [3.05, 3.63) is 48.4 Å². The molecule has 1 aromatic heterocycles. The standard InChI is InChI=1S/C22H24O11/c1-10(25)12-8-16(32-21-18(29)17(28)20(30)22(2,9-24)33-21)19(31-15(12)5-6-23)11-3-4-13(26)14(27)7-11/h3-8,17-18,20-21,24,28-30H,1,9H2,2H3,(H3-,23,25,26,27)/p+1/b6-5+/t17?,18-,20?,21?,22?/m1/s1. The molecular formula is C22H25O11+. The fourth-order valence-electron chi connectivity index (χ4n) is 3.32. The average molecular weight is 465 g/mol. The van der Waals surface area contributed by atoms with Crippen LogP contribution in [-0.2, 0) is 4.74 Å². The van der Waals surface area contributed by atoms with Gasteiger partial charge in [-0.2, -0.15) is 0 Å². The molecule has 4 unspecified atom stereocenters. The van der Waals surface area contributed by atoms with E-state index in [2.05, 4.69) is 6.58 Å². The van der Waals surface area contributed by atoms with E-state index in [9.17, 15) is 40.9 Å². The van der Waals surface area contributed by atoms with E-state index in [1.807, 2.05) is 0 Å². The predicted octanol–water partition coefficient (Wildman–Crippen LogP) is 1.27. The van der Waals surface area contributed by atoms with Gasteiger partial charge in [-0.05, 0) is 19.1 Å². The zero-order chi connectivity index (χ0) is 24.5. The van der Waals surface area contributed by atoms with Gasteiger partial charge in [0.05, 0.1) is 24.5 Å². The van der Waals surface area contributed by atoms with Crippen molar-refractivity contribution in [2.45, 2.75) is 37.1 Å². The Balaban J connectivity index is 2.15. The zero-order valence-corrected chi connectivity index (χ0v) is 17.5. The van der Waals surface area contributed by atoms with Gasteiger partial charge in [0.25, 0.3) is 0 Å². The van der Waals surface area contributed by atoms with Crippen LogP contribution < -0.4 is 4.74 Å². The van der Waals surface area contributed by atoms with Crippen LogP contribution in [0.2, 0.25) is 0 Å². The van der Waals surface area contributed by atoms with Crippen LogP contribution in [0.25, 0.3) is 23.2 Å². The predicted molar refractivity (Wildman–Crippen MR) is 114 cm³/mol. The second kappa shape index (κ2) is 9.25. The third kappa shape index (κ3) is 4.58. The van der Waals surface area contributed by atoms with Gasteiger partial charge in [-0.15, -0.1) is 0 Å². The first-order valence-electron chi connectivity index (χ1n) is 9.74. The molecule has 0 aliphatic carbocycles. The highest BCUT2D eigenvalue weighted by atomic mass is 16.7. The maximum absolute atomic E-state index is 10.4. The second-order valence-corrected chi connectivity index (χ2v) is 7.68. The number of benzene rings is 1. The van der Waals surface area contributed by atoms with Crippen molar-refractivity contribution < 1.29 is 54.7 Å². The molecule has 2 heterocycles. The van der Waals surface area contributed by atoms with Gasteiger partial charge in [0.2, 0.25) is 12.0 Å². The molecule has 1 saturated heterocycles. The van der Waals surface area contributed by atoms with Crippen molar-refractivity contribution in [2.75, 3.05) is 6.61 Å². The lowest BCUT2D eigenvalue weighted by atomic mass is 9.89. The van der Waals surface area contributed by atoms with Gasteiger partial charge >= 0.3 is 11.5 Å². The molecular weight excluding hydrogens is 440 g/mol. The molecule has 8 N–H and O–H groups in total. The molecule has 1 aliphatic heterocycles. The van der Waals surface area contributed by atoms with E-state index in [0.717, 1.165) is 12.1 Å². The van der Waals surface area contributed by atoms with E-state index in [-0.39, 0.29) is 28.4 Å². The molecule has 0 spiro atoms. The minimum atomic E-state index is -1.75. The van der Waals surface area contributed by atoms with Crippen molar-refractivity contribution in [3.63, 3.8) is 0 Å². The molecule has 0 bridgehead atoms.